The van der Waals surface area contributed by atoms with Crippen molar-refractivity contribution in [3.63, 3.8) is 0 Å². The van der Waals surface area contributed by atoms with Crippen LogP contribution in [0.3, 0.4) is 0 Å². The fourth-order valence-electron chi connectivity index (χ4n) is 3.79. The summed E-state index contributed by atoms with van der Waals surface area (Å²) in [6, 6.07) is 0.596. The molecule has 3 atom stereocenters. The molecule has 0 aromatic carbocycles. The molecule has 1 aromatic heterocycles. The lowest BCUT2D eigenvalue weighted by Crippen LogP contribution is -2.37. The van der Waals surface area contributed by atoms with Gasteiger partial charge < -0.3 is 4.74 Å². The average molecular weight is 292 g/mol. The molecule has 0 bridgehead atoms. The molecule has 0 N–H and O–H groups in total. The summed E-state index contributed by atoms with van der Waals surface area (Å²) < 4.78 is 8.12. The molecule has 1 saturated carbocycles. The van der Waals surface area contributed by atoms with E-state index in [1.807, 2.05) is 11.0 Å². The molecular formula is C16H28N4O. The van der Waals surface area contributed by atoms with Crippen LogP contribution in [0, 0.1) is 5.92 Å². The van der Waals surface area contributed by atoms with Crippen molar-refractivity contribution in [2.45, 2.75) is 64.1 Å². The fraction of sp³-hybridized carbons (Fsp3) is 0.875. The van der Waals surface area contributed by atoms with Crippen LogP contribution in [0.5, 0.6) is 0 Å². The topological polar surface area (TPSA) is 43.2 Å². The summed E-state index contributed by atoms with van der Waals surface area (Å²) in [4.78, 5) is 6.59. The van der Waals surface area contributed by atoms with Crippen LogP contribution in [0.2, 0.25) is 0 Å². The van der Waals surface area contributed by atoms with Crippen LogP contribution in [-0.2, 0) is 11.3 Å². The third-order valence-corrected chi connectivity index (χ3v) is 5.11. The minimum absolute atomic E-state index is 0.495. The zero-order valence-electron chi connectivity index (χ0n) is 13.2. The Morgan fingerprint density at radius 2 is 2.10 bits per heavy atom. The number of likely N-dealkylation sites (tertiary alicyclic amines) is 1. The largest absolute Gasteiger partial charge is 0.377 e. The van der Waals surface area contributed by atoms with Gasteiger partial charge in [0.05, 0.1) is 19.3 Å². The molecule has 3 rings (SSSR count). The Balaban J connectivity index is 1.41. The monoisotopic (exact) mass is 292 g/mol. The second-order valence-corrected chi connectivity index (χ2v) is 6.62. The van der Waals surface area contributed by atoms with Crippen molar-refractivity contribution in [3.05, 3.63) is 12.7 Å². The number of aromatic nitrogens is 3. The van der Waals surface area contributed by atoms with Crippen molar-refractivity contribution in [3.8, 4) is 0 Å². The first-order valence-electron chi connectivity index (χ1n) is 8.51. The lowest BCUT2D eigenvalue weighted by molar-refractivity contribution is -0.0155. The fourth-order valence-corrected chi connectivity index (χ4v) is 3.79. The Morgan fingerprint density at radius 1 is 1.19 bits per heavy atom. The van der Waals surface area contributed by atoms with E-state index in [0.29, 0.717) is 12.1 Å². The van der Waals surface area contributed by atoms with E-state index >= 15 is 0 Å². The molecule has 21 heavy (non-hydrogen) atoms. The van der Waals surface area contributed by atoms with Crippen molar-refractivity contribution >= 4 is 0 Å². The lowest BCUT2D eigenvalue weighted by atomic mass is 9.88. The van der Waals surface area contributed by atoms with Crippen LogP contribution in [0.25, 0.3) is 0 Å². The summed E-state index contributed by atoms with van der Waals surface area (Å²) in [7, 11) is 0. The van der Waals surface area contributed by atoms with E-state index in [9.17, 15) is 0 Å². The number of ether oxygens (including phenoxy) is 1. The Bertz CT molecular complexity index is 408. The Morgan fingerprint density at radius 3 is 2.90 bits per heavy atom. The van der Waals surface area contributed by atoms with E-state index in [2.05, 4.69) is 21.9 Å². The highest BCUT2D eigenvalue weighted by Gasteiger charge is 2.26. The van der Waals surface area contributed by atoms with Gasteiger partial charge in [0.2, 0.25) is 0 Å². The summed E-state index contributed by atoms with van der Waals surface area (Å²) >= 11 is 0. The van der Waals surface area contributed by atoms with Gasteiger partial charge in [0, 0.05) is 12.6 Å². The van der Waals surface area contributed by atoms with E-state index < -0.39 is 0 Å². The molecule has 1 saturated heterocycles. The Labute approximate surface area is 127 Å². The highest BCUT2D eigenvalue weighted by molar-refractivity contribution is 4.80. The number of nitrogens with zero attached hydrogens (tertiary/aromatic N) is 4. The molecule has 2 fully saturated rings. The number of hydrogen-bond acceptors (Lipinski definition) is 4. The Hall–Kier alpha value is -0.940. The summed E-state index contributed by atoms with van der Waals surface area (Å²) in [5.41, 5.74) is 0. The third-order valence-electron chi connectivity index (χ3n) is 5.11. The van der Waals surface area contributed by atoms with Crippen LogP contribution in [0.4, 0.5) is 0 Å². The molecule has 118 valence electrons. The molecule has 1 aromatic rings. The standard InChI is InChI=1S/C16H28N4O/c1-14-5-2-3-7-16(14)21-10-9-19-8-4-6-15(19)11-20-13-17-12-18-20/h12-16H,2-11H2,1H3/t14-,15+,16-/m1/s1. The highest BCUT2D eigenvalue weighted by Crippen LogP contribution is 2.26. The maximum absolute atomic E-state index is 6.16. The predicted octanol–water partition coefficient (Wildman–Crippen LogP) is 2.34. The third kappa shape index (κ3) is 4.04. The predicted molar refractivity (Wildman–Crippen MR) is 82.0 cm³/mol. The zero-order chi connectivity index (χ0) is 14.5. The molecule has 1 aliphatic carbocycles. The first kappa shape index (κ1) is 15.0. The molecule has 0 spiro atoms. The minimum Gasteiger partial charge on any atom is -0.377 e. The van der Waals surface area contributed by atoms with Gasteiger partial charge in [-0.1, -0.05) is 19.8 Å². The summed E-state index contributed by atoms with van der Waals surface area (Å²) in [5, 5.41) is 4.23. The van der Waals surface area contributed by atoms with Crippen LogP contribution in [-0.4, -0.2) is 51.5 Å². The number of rotatable bonds is 6. The maximum atomic E-state index is 6.16. The van der Waals surface area contributed by atoms with Crippen molar-refractivity contribution in [1.29, 1.82) is 0 Å². The lowest BCUT2D eigenvalue weighted by Gasteiger charge is -2.30. The molecule has 5 nitrogen and oxygen atoms in total. The van der Waals surface area contributed by atoms with Gasteiger partial charge in [-0.3, -0.25) is 9.58 Å². The summed E-state index contributed by atoms with van der Waals surface area (Å²) in [5.74, 6) is 0.739. The Kier molecular flexibility index (Phi) is 5.25. The van der Waals surface area contributed by atoms with Crippen LogP contribution < -0.4 is 0 Å². The average Bonchev–Trinajstić information content (AvgIpc) is 3.14. The van der Waals surface area contributed by atoms with Gasteiger partial charge in [0.1, 0.15) is 12.7 Å². The van der Waals surface area contributed by atoms with Gasteiger partial charge >= 0.3 is 0 Å². The molecule has 2 aliphatic rings. The van der Waals surface area contributed by atoms with Crippen LogP contribution in [0.15, 0.2) is 12.7 Å². The first-order chi connectivity index (χ1) is 10.3. The van der Waals surface area contributed by atoms with E-state index in [1.54, 1.807) is 6.33 Å². The molecule has 0 amide bonds. The molecule has 2 heterocycles. The normalized spacial score (nSPS) is 30.8. The minimum atomic E-state index is 0.495. The summed E-state index contributed by atoms with van der Waals surface area (Å²) in [6.07, 6.45) is 11.8. The van der Waals surface area contributed by atoms with Gasteiger partial charge in [-0.25, -0.2) is 4.98 Å². The molecule has 0 unspecified atom stereocenters. The molecule has 0 radical (unpaired) electrons. The summed E-state index contributed by atoms with van der Waals surface area (Å²) in [6.45, 7) is 6.43. The first-order valence-corrected chi connectivity index (χ1v) is 8.51. The molecule has 5 heteroatoms. The highest BCUT2D eigenvalue weighted by atomic mass is 16.5. The second-order valence-electron chi connectivity index (χ2n) is 6.62. The van der Waals surface area contributed by atoms with E-state index in [4.69, 9.17) is 4.74 Å². The number of hydrogen-bond donors (Lipinski definition) is 0. The van der Waals surface area contributed by atoms with Crippen molar-refractivity contribution in [2.24, 2.45) is 5.92 Å². The quantitative estimate of drug-likeness (QED) is 0.807. The molecular weight excluding hydrogens is 264 g/mol. The van der Waals surface area contributed by atoms with E-state index in [-0.39, 0.29) is 0 Å². The van der Waals surface area contributed by atoms with Gasteiger partial charge in [-0.05, 0) is 38.1 Å². The van der Waals surface area contributed by atoms with Crippen molar-refractivity contribution < 1.29 is 4.74 Å². The van der Waals surface area contributed by atoms with Gasteiger partial charge in [-0.2, -0.15) is 5.10 Å². The SMILES string of the molecule is C[C@@H]1CCCC[C@H]1OCCN1CCC[C@H]1Cn1cncn1. The van der Waals surface area contributed by atoms with Crippen molar-refractivity contribution in [1.82, 2.24) is 19.7 Å². The van der Waals surface area contributed by atoms with Gasteiger partial charge in [-0.15, -0.1) is 0 Å². The van der Waals surface area contributed by atoms with Crippen LogP contribution >= 0.6 is 0 Å². The van der Waals surface area contributed by atoms with E-state index in [1.165, 1.54) is 45.1 Å². The van der Waals surface area contributed by atoms with Crippen LogP contribution in [0.1, 0.15) is 45.4 Å². The van der Waals surface area contributed by atoms with Crippen molar-refractivity contribution in [2.75, 3.05) is 19.7 Å². The maximum Gasteiger partial charge on any atom is 0.137 e. The second kappa shape index (κ2) is 7.36. The molecule has 1 aliphatic heterocycles. The van der Waals surface area contributed by atoms with Gasteiger partial charge in [0.25, 0.3) is 0 Å². The van der Waals surface area contributed by atoms with E-state index in [0.717, 1.165) is 25.6 Å². The smallest absolute Gasteiger partial charge is 0.137 e. The van der Waals surface area contributed by atoms with Gasteiger partial charge in [0.15, 0.2) is 0 Å². The zero-order valence-corrected chi connectivity index (χ0v) is 13.2.